The van der Waals surface area contributed by atoms with Gasteiger partial charge in [-0.3, -0.25) is 4.79 Å². The van der Waals surface area contributed by atoms with Gasteiger partial charge in [-0.05, 0) is 11.8 Å². The average Bonchev–Trinajstić information content (AvgIpc) is 1.96. The number of carboxylic acids is 1. The maximum atomic E-state index is 11.0. The van der Waals surface area contributed by atoms with Gasteiger partial charge in [0.1, 0.15) is 0 Å². The van der Waals surface area contributed by atoms with Crippen LogP contribution in [0.2, 0.25) is 0 Å². The first kappa shape index (κ1) is 12.4. The molecule has 13 heavy (non-hydrogen) atoms. The lowest BCUT2D eigenvalue weighted by atomic mass is 9.76. The van der Waals surface area contributed by atoms with Gasteiger partial charge in [-0.2, -0.15) is 0 Å². The monoisotopic (exact) mass is 188 g/mol. The third kappa shape index (κ3) is 3.35. The van der Waals surface area contributed by atoms with Crippen LogP contribution in [0.15, 0.2) is 0 Å². The summed E-state index contributed by atoms with van der Waals surface area (Å²) in [7, 11) is 1.57. The van der Waals surface area contributed by atoms with Crippen LogP contribution in [-0.2, 0) is 9.53 Å². The minimum Gasteiger partial charge on any atom is -0.481 e. The van der Waals surface area contributed by atoms with Crippen LogP contribution in [0.4, 0.5) is 0 Å². The van der Waals surface area contributed by atoms with Crippen LogP contribution in [0.5, 0.6) is 0 Å². The number of carbonyl (C=O) groups is 1. The maximum Gasteiger partial charge on any atom is 0.309 e. The van der Waals surface area contributed by atoms with E-state index in [-0.39, 0.29) is 11.5 Å². The van der Waals surface area contributed by atoms with Gasteiger partial charge in [-0.15, -0.1) is 0 Å². The van der Waals surface area contributed by atoms with Crippen molar-refractivity contribution in [3.63, 3.8) is 0 Å². The van der Waals surface area contributed by atoms with Crippen molar-refractivity contribution >= 4 is 5.97 Å². The second kappa shape index (κ2) is 4.61. The normalized spacial score (nSPS) is 16.7. The number of hydrogen-bond donors (Lipinski definition) is 1. The van der Waals surface area contributed by atoms with Crippen molar-refractivity contribution in [2.45, 2.75) is 40.2 Å². The largest absolute Gasteiger partial charge is 0.481 e. The minimum absolute atomic E-state index is 0.197. The Morgan fingerprint density at radius 2 is 1.92 bits per heavy atom. The predicted molar refractivity (Wildman–Crippen MR) is 51.7 cm³/mol. The highest BCUT2D eigenvalue weighted by Gasteiger charge is 2.37. The van der Waals surface area contributed by atoms with Gasteiger partial charge in [0.25, 0.3) is 0 Å². The standard InChI is InChI=1S/C10H20O3/c1-6-7(13-5)8(9(11)12)10(2,3)4/h7-8H,6H2,1-5H3,(H,11,12). The van der Waals surface area contributed by atoms with Gasteiger partial charge in [-0.25, -0.2) is 0 Å². The topological polar surface area (TPSA) is 46.5 Å². The van der Waals surface area contributed by atoms with E-state index >= 15 is 0 Å². The van der Waals surface area contributed by atoms with Crippen LogP contribution in [0, 0.1) is 11.3 Å². The van der Waals surface area contributed by atoms with Crippen LogP contribution in [0.3, 0.4) is 0 Å². The van der Waals surface area contributed by atoms with E-state index in [2.05, 4.69) is 0 Å². The fraction of sp³-hybridized carbons (Fsp3) is 0.900. The summed E-state index contributed by atoms with van der Waals surface area (Å²) in [4.78, 5) is 11.0. The Bertz CT molecular complexity index is 165. The van der Waals surface area contributed by atoms with Crippen molar-refractivity contribution in [3.05, 3.63) is 0 Å². The lowest BCUT2D eigenvalue weighted by Crippen LogP contribution is -2.39. The Morgan fingerprint density at radius 3 is 2.00 bits per heavy atom. The lowest BCUT2D eigenvalue weighted by Gasteiger charge is -2.32. The van der Waals surface area contributed by atoms with Crippen molar-refractivity contribution in [2.75, 3.05) is 7.11 Å². The Hall–Kier alpha value is -0.570. The highest BCUT2D eigenvalue weighted by Crippen LogP contribution is 2.31. The zero-order valence-corrected chi connectivity index (χ0v) is 9.13. The molecule has 3 heteroatoms. The van der Waals surface area contributed by atoms with Crippen molar-refractivity contribution in [1.82, 2.24) is 0 Å². The smallest absolute Gasteiger partial charge is 0.309 e. The van der Waals surface area contributed by atoms with Gasteiger partial charge < -0.3 is 9.84 Å². The molecule has 0 aliphatic heterocycles. The van der Waals surface area contributed by atoms with Gasteiger partial charge in [0.2, 0.25) is 0 Å². The van der Waals surface area contributed by atoms with E-state index in [1.807, 2.05) is 27.7 Å². The number of hydrogen-bond acceptors (Lipinski definition) is 2. The molecular formula is C10H20O3. The number of ether oxygens (including phenoxy) is 1. The fourth-order valence-corrected chi connectivity index (χ4v) is 1.63. The molecule has 0 rings (SSSR count). The van der Waals surface area contributed by atoms with Gasteiger partial charge in [0.05, 0.1) is 12.0 Å². The fourth-order valence-electron chi connectivity index (χ4n) is 1.63. The molecule has 0 saturated heterocycles. The second-order valence-electron chi connectivity index (χ2n) is 4.36. The molecule has 0 spiro atoms. The second-order valence-corrected chi connectivity index (χ2v) is 4.36. The van der Waals surface area contributed by atoms with Gasteiger partial charge in [0.15, 0.2) is 0 Å². The van der Waals surface area contributed by atoms with E-state index in [1.54, 1.807) is 7.11 Å². The molecule has 0 amide bonds. The molecule has 0 saturated carbocycles. The van der Waals surface area contributed by atoms with Gasteiger partial charge in [-0.1, -0.05) is 27.7 Å². The molecule has 0 radical (unpaired) electrons. The van der Waals surface area contributed by atoms with Gasteiger partial charge in [0, 0.05) is 7.11 Å². The average molecular weight is 188 g/mol. The molecule has 78 valence electrons. The van der Waals surface area contributed by atoms with Crippen LogP contribution in [0.25, 0.3) is 0 Å². The number of methoxy groups -OCH3 is 1. The van der Waals surface area contributed by atoms with E-state index in [1.165, 1.54) is 0 Å². The minimum atomic E-state index is -0.777. The summed E-state index contributed by atoms with van der Waals surface area (Å²) < 4.78 is 5.17. The molecule has 0 aromatic carbocycles. The molecule has 0 aliphatic rings. The summed E-state index contributed by atoms with van der Waals surface area (Å²) in [5.41, 5.74) is -0.261. The molecule has 0 aromatic heterocycles. The van der Waals surface area contributed by atoms with Crippen molar-refractivity contribution in [3.8, 4) is 0 Å². The van der Waals surface area contributed by atoms with Crippen molar-refractivity contribution in [1.29, 1.82) is 0 Å². The highest BCUT2D eigenvalue weighted by molar-refractivity contribution is 5.71. The van der Waals surface area contributed by atoms with E-state index in [0.717, 1.165) is 6.42 Å². The zero-order chi connectivity index (χ0) is 10.6. The first-order valence-corrected chi connectivity index (χ1v) is 4.60. The van der Waals surface area contributed by atoms with Crippen molar-refractivity contribution < 1.29 is 14.6 Å². The molecule has 0 fully saturated rings. The Morgan fingerprint density at radius 1 is 1.46 bits per heavy atom. The molecule has 2 atom stereocenters. The zero-order valence-electron chi connectivity index (χ0n) is 9.13. The van der Waals surface area contributed by atoms with E-state index in [9.17, 15) is 4.79 Å². The molecule has 0 bridgehead atoms. The van der Waals surface area contributed by atoms with Gasteiger partial charge >= 0.3 is 5.97 Å². The SMILES string of the molecule is CCC(OC)C(C(=O)O)C(C)(C)C. The van der Waals surface area contributed by atoms with Crippen molar-refractivity contribution in [2.24, 2.45) is 11.3 Å². The van der Waals surface area contributed by atoms with E-state index < -0.39 is 11.9 Å². The van der Waals surface area contributed by atoms with Crippen LogP contribution < -0.4 is 0 Å². The first-order chi connectivity index (χ1) is 5.84. The number of rotatable bonds is 4. The molecule has 3 nitrogen and oxygen atoms in total. The number of aliphatic carboxylic acids is 1. The Kier molecular flexibility index (Phi) is 4.40. The molecule has 0 aliphatic carbocycles. The highest BCUT2D eigenvalue weighted by atomic mass is 16.5. The summed E-state index contributed by atoms with van der Waals surface area (Å²) >= 11 is 0. The summed E-state index contributed by atoms with van der Waals surface area (Å²) in [5.74, 6) is -1.22. The van der Waals surface area contributed by atoms with Crippen LogP contribution >= 0.6 is 0 Å². The molecule has 1 N–H and O–H groups in total. The van der Waals surface area contributed by atoms with E-state index in [4.69, 9.17) is 9.84 Å². The molecule has 0 heterocycles. The first-order valence-electron chi connectivity index (χ1n) is 4.60. The number of carboxylic acid groups (broad SMARTS) is 1. The Labute approximate surface area is 80.1 Å². The molecule has 0 aromatic rings. The molecular weight excluding hydrogens is 168 g/mol. The summed E-state index contributed by atoms with van der Waals surface area (Å²) in [6, 6.07) is 0. The lowest BCUT2D eigenvalue weighted by molar-refractivity contribution is -0.152. The summed E-state index contributed by atoms with van der Waals surface area (Å²) in [6.45, 7) is 7.71. The quantitative estimate of drug-likeness (QED) is 0.735. The third-order valence-electron chi connectivity index (χ3n) is 2.28. The maximum absolute atomic E-state index is 11.0. The summed E-state index contributed by atoms with van der Waals surface area (Å²) in [6.07, 6.45) is 0.530. The Balaban J connectivity index is 4.69. The third-order valence-corrected chi connectivity index (χ3v) is 2.28. The van der Waals surface area contributed by atoms with Crippen LogP contribution in [0.1, 0.15) is 34.1 Å². The summed E-state index contributed by atoms with van der Waals surface area (Å²) in [5, 5.41) is 9.06. The molecule has 2 unspecified atom stereocenters. The van der Waals surface area contributed by atoms with Crippen LogP contribution in [-0.4, -0.2) is 24.3 Å². The predicted octanol–water partition coefficient (Wildman–Crippen LogP) is 2.16. The van der Waals surface area contributed by atoms with E-state index in [0.29, 0.717) is 0 Å².